The zero-order valence-corrected chi connectivity index (χ0v) is 13.5. The van der Waals surface area contributed by atoms with Gasteiger partial charge < -0.3 is 15.2 Å². The summed E-state index contributed by atoms with van der Waals surface area (Å²) in [6, 6.07) is 20.7. The molecule has 1 saturated heterocycles. The van der Waals surface area contributed by atoms with Crippen LogP contribution in [-0.4, -0.2) is 30.0 Å². The van der Waals surface area contributed by atoms with Crippen LogP contribution in [0.2, 0.25) is 0 Å². The topological polar surface area (TPSA) is 48.1 Å². The van der Waals surface area contributed by atoms with E-state index in [0.29, 0.717) is 18.3 Å². The van der Waals surface area contributed by atoms with E-state index in [1.807, 2.05) is 36.4 Å². The Labute approximate surface area is 141 Å². The average Bonchev–Trinajstić information content (AvgIpc) is 3.27. The highest BCUT2D eigenvalue weighted by molar-refractivity contribution is 5.98. The Hall–Kier alpha value is -2.75. The molecule has 1 aliphatic rings. The minimum absolute atomic E-state index is 0.0360. The summed E-state index contributed by atoms with van der Waals surface area (Å²) in [5.74, 6) is -0.0360. The molecule has 1 fully saturated rings. The summed E-state index contributed by atoms with van der Waals surface area (Å²) < 4.78 is 0. The number of carbonyl (C=O) groups excluding carboxylic acids is 1. The Bertz CT molecular complexity index is 807. The van der Waals surface area contributed by atoms with Crippen molar-refractivity contribution in [1.29, 1.82) is 0 Å². The molecule has 2 N–H and O–H groups in total. The van der Waals surface area contributed by atoms with Crippen LogP contribution in [0.3, 0.4) is 0 Å². The lowest BCUT2D eigenvalue weighted by Crippen LogP contribution is -2.40. The van der Waals surface area contributed by atoms with Crippen LogP contribution < -0.4 is 10.2 Å². The monoisotopic (exact) mass is 319 g/mol. The third-order valence-corrected chi connectivity index (χ3v) is 4.74. The highest BCUT2D eigenvalue weighted by atomic mass is 16.1. The van der Waals surface area contributed by atoms with Gasteiger partial charge in [-0.15, -0.1) is 0 Å². The maximum atomic E-state index is 12.5. The number of benzene rings is 2. The number of aromatic nitrogens is 1. The van der Waals surface area contributed by atoms with Gasteiger partial charge in [-0.25, -0.2) is 0 Å². The maximum absolute atomic E-state index is 12.5. The molecule has 122 valence electrons. The summed E-state index contributed by atoms with van der Waals surface area (Å²) >= 11 is 0. The predicted molar refractivity (Wildman–Crippen MR) is 97.4 cm³/mol. The van der Waals surface area contributed by atoms with E-state index in [1.54, 1.807) is 0 Å². The highest BCUT2D eigenvalue weighted by Crippen LogP contribution is 2.24. The predicted octanol–water partition coefficient (Wildman–Crippen LogP) is 3.57. The van der Waals surface area contributed by atoms with E-state index in [2.05, 4.69) is 39.5 Å². The van der Waals surface area contributed by atoms with E-state index in [0.717, 1.165) is 23.9 Å². The second-order valence-electron chi connectivity index (χ2n) is 6.31. The molecule has 1 aromatic heterocycles. The standard InChI is InChI=1S/C20H21N3O/c24-20(19-13-15-7-4-5-11-18(15)22-19)21-14-17-10-6-12-23(17)16-8-2-1-3-9-16/h1-5,7-9,11,13,17,22H,6,10,12,14H2,(H,21,24). The quantitative estimate of drug-likeness (QED) is 0.772. The second-order valence-corrected chi connectivity index (χ2v) is 6.31. The molecule has 4 heteroatoms. The third kappa shape index (κ3) is 2.87. The summed E-state index contributed by atoms with van der Waals surface area (Å²) in [5, 5.41) is 4.15. The molecule has 0 saturated carbocycles. The molecule has 1 amide bonds. The summed E-state index contributed by atoms with van der Waals surface area (Å²) in [6.45, 7) is 1.72. The SMILES string of the molecule is O=C(NCC1CCCN1c1ccccc1)c1cc2ccccc2[nH]1. The number of nitrogens with zero attached hydrogens (tertiary/aromatic N) is 1. The van der Waals surface area contributed by atoms with E-state index in [9.17, 15) is 4.79 Å². The number of hydrogen-bond donors (Lipinski definition) is 2. The molecule has 0 spiro atoms. The number of nitrogens with one attached hydrogen (secondary N) is 2. The summed E-state index contributed by atoms with van der Waals surface area (Å²) in [5.41, 5.74) is 2.86. The first-order valence-electron chi connectivity index (χ1n) is 8.49. The highest BCUT2D eigenvalue weighted by Gasteiger charge is 2.25. The van der Waals surface area contributed by atoms with Gasteiger partial charge in [0.1, 0.15) is 5.69 Å². The van der Waals surface area contributed by atoms with Crippen molar-refractivity contribution in [2.75, 3.05) is 18.0 Å². The first-order valence-corrected chi connectivity index (χ1v) is 8.49. The Morgan fingerprint density at radius 3 is 2.75 bits per heavy atom. The number of para-hydroxylation sites is 2. The average molecular weight is 319 g/mol. The molecule has 1 unspecified atom stereocenters. The fraction of sp³-hybridized carbons (Fsp3) is 0.250. The smallest absolute Gasteiger partial charge is 0.267 e. The Kier molecular flexibility index (Phi) is 3.95. The van der Waals surface area contributed by atoms with Gasteiger partial charge in [0.2, 0.25) is 0 Å². The van der Waals surface area contributed by atoms with Crippen molar-refractivity contribution in [2.24, 2.45) is 0 Å². The molecule has 4 rings (SSSR count). The van der Waals surface area contributed by atoms with Gasteiger partial charge >= 0.3 is 0 Å². The van der Waals surface area contributed by atoms with Gasteiger partial charge in [-0.2, -0.15) is 0 Å². The van der Waals surface area contributed by atoms with Crippen LogP contribution in [0.4, 0.5) is 5.69 Å². The fourth-order valence-electron chi connectivity index (χ4n) is 3.51. The van der Waals surface area contributed by atoms with E-state index < -0.39 is 0 Å². The molecule has 2 aromatic carbocycles. The summed E-state index contributed by atoms with van der Waals surface area (Å²) in [4.78, 5) is 18.0. The van der Waals surface area contributed by atoms with Crippen molar-refractivity contribution < 1.29 is 4.79 Å². The molecule has 2 heterocycles. The van der Waals surface area contributed by atoms with E-state index in [1.165, 1.54) is 12.1 Å². The van der Waals surface area contributed by atoms with Crippen LogP contribution >= 0.6 is 0 Å². The molecule has 0 bridgehead atoms. The van der Waals surface area contributed by atoms with Crippen LogP contribution in [0.25, 0.3) is 10.9 Å². The molecule has 4 nitrogen and oxygen atoms in total. The lowest BCUT2D eigenvalue weighted by atomic mass is 10.2. The van der Waals surface area contributed by atoms with Gasteiger partial charge in [-0.1, -0.05) is 36.4 Å². The van der Waals surface area contributed by atoms with Gasteiger partial charge in [0.05, 0.1) is 0 Å². The number of aromatic amines is 1. The van der Waals surface area contributed by atoms with Crippen LogP contribution in [0.15, 0.2) is 60.7 Å². The number of carbonyl (C=O) groups is 1. The molecular weight excluding hydrogens is 298 g/mol. The van der Waals surface area contributed by atoms with Crippen molar-refractivity contribution in [3.05, 3.63) is 66.4 Å². The lowest BCUT2D eigenvalue weighted by molar-refractivity contribution is 0.0947. The molecular formula is C20H21N3O. The van der Waals surface area contributed by atoms with Crippen LogP contribution in [-0.2, 0) is 0 Å². The molecule has 3 aromatic rings. The number of H-pyrrole nitrogens is 1. The molecule has 0 aliphatic carbocycles. The van der Waals surface area contributed by atoms with E-state index in [4.69, 9.17) is 0 Å². The van der Waals surface area contributed by atoms with Crippen LogP contribution in [0.5, 0.6) is 0 Å². The second kappa shape index (κ2) is 6.40. The van der Waals surface area contributed by atoms with Crippen molar-refractivity contribution in [1.82, 2.24) is 10.3 Å². The van der Waals surface area contributed by atoms with Crippen molar-refractivity contribution in [2.45, 2.75) is 18.9 Å². The molecule has 1 atom stereocenters. The summed E-state index contributed by atoms with van der Waals surface area (Å²) in [7, 11) is 0. The first kappa shape index (κ1) is 14.8. The number of anilines is 1. The zero-order valence-electron chi connectivity index (χ0n) is 13.5. The number of fused-ring (bicyclic) bond motifs is 1. The minimum Gasteiger partial charge on any atom is -0.367 e. The van der Waals surface area contributed by atoms with Gasteiger partial charge in [0.25, 0.3) is 5.91 Å². The van der Waals surface area contributed by atoms with Gasteiger partial charge in [-0.05, 0) is 37.1 Å². The van der Waals surface area contributed by atoms with Gasteiger partial charge in [0.15, 0.2) is 0 Å². The lowest BCUT2D eigenvalue weighted by Gasteiger charge is -2.27. The first-order chi connectivity index (χ1) is 11.8. The largest absolute Gasteiger partial charge is 0.367 e. The van der Waals surface area contributed by atoms with Crippen molar-refractivity contribution in [3.8, 4) is 0 Å². The molecule has 24 heavy (non-hydrogen) atoms. The maximum Gasteiger partial charge on any atom is 0.267 e. The van der Waals surface area contributed by atoms with Crippen LogP contribution in [0, 0.1) is 0 Å². The van der Waals surface area contributed by atoms with E-state index in [-0.39, 0.29) is 5.91 Å². The molecule has 1 aliphatic heterocycles. The minimum atomic E-state index is -0.0360. The third-order valence-electron chi connectivity index (χ3n) is 4.74. The Morgan fingerprint density at radius 2 is 1.92 bits per heavy atom. The Balaban J connectivity index is 1.43. The van der Waals surface area contributed by atoms with Gasteiger partial charge in [0, 0.05) is 35.7 Å². The zero-order chi connectivity index (χ0) is 16.4. The molecule has 0 radical (unpaired) electrons. The van der Waals surface area contributed by atoms with Gasteiger partial charge in [-0.3, -0.25) is 4.79 Å². The summed E-state index contributed by atoms with van der Waals surface area (Å²) in [6.07, 6.45) is 2.28. The van der Waals surface area contributed by atoms with Crippen LogP contribution in [0.1, 0.15) is 23.3 Å². The van der Waals surface area contributed by atoms with E-state index >= 15 is 0 Å². The Morgan fingerprint density at radius 1 is 1.12 bits per heavy atom. The normalized spacial score (nSPS) is 17.3. The number of rotatable bonds is 4. The number of amides is 1. The number of hydrogen-bond acceptors (Lipinski definition) is 2. The fourth-order valence-corrected chi connectivity index (χ4v) is 3.51. The van der Waals surface area contributed by atoms with Crippen molar-refractivity contribution >= 4 is 22.5 Å². The van der Waals surface area contributed by atoms with Crippen molar-refractivity contribution in [3.63, 3.8) is 0 Å².